The van der Waals surface area contributed by atoms with Crippen LogP contribution in [0.25, 0.3) is 0 Å². The van der Waals surface area contributed by atoms with E-state index in [1.54, 1.807) is 0 Å². The highest BCUT2D eigenvalue weighted by atomic mass is 16.5. The van der Waals surface area contributed by atoms with Crippen molar-refractivity contribution >= 4 is 5.97 Å². The molecule has 0 amide bonds. The topological polar surface area (TPSA) is 26.3 Å². The lowest BCUT2D eigenvalue weighted by Crippen LogP contribution is -2.03. The Morgan fingerprint density at radius 2 is 1.04 bits per heavy atom. The molecule has 0 spiro atoms. The van der Waals surface area contributed by atoms with E-state index in [9.17, 15) is 4.79 Å². The third-order valence-corrected chi connectivity index (χ3v) is 4.56. The predicted molar refractivity (Wildman–Crippen MR) is 101 cm³/mol. The summed E-state index contributed by atoms with van der Waals surface area (Å²) in [4.78, 5) is 11.2. The average molecular weight is 325 g/mol. The van der Waals surface area contributed by atoms with Gasteiger partial charge >= 0.3 is 5.97 Å². The average Bonchev–Trinajstić information content (AvgIpc) is 2.57. The fraction of sp³-hybridized carbons (Fsp3) is 0.857. The first-order valence-corrected chi connectivity index (χ1v) is 9.98. The minimum Gasteiger partial charge on any atom is -0.466 e. The Balaban J connectivity index is 3.11. The highest BCUT2D eigenvalue weighted by Gasteiger charge is 2.05. The van der Waals surface area contributed by atoms with E-state index in [1.807, 2.05) is 0 Å². The zero-order chi connectivity index (χ0) is 17.2. The van der Waals surface area contributed by atoms with Crippen LogP contribution in [0.4, 0.5) is 0 Å². The number of rotatable bonds is 17. The van der Waals surface area contributed by atoms with Crippen LogP contribution in [0.2, 0.25) is 0 Å². The molecule has 0 N–H and O–H groups in total. The van der Waals surface area contributed by atoms with Gasteiger partial charge in [-0.25, -0.2) is 4.79 Å². The molecule has 0 aliphatic heterocycles. The Morgan fingerprint density at radius 3 is 1.39 bits per heavy atom. The highest BCUT2D eigenvalue weighted by molar-refractivity contribution is 5.87. The molecule has 0 aromatic rings. The lowest BCUT2D eigenvalue weighted by atomic mass is 10.0. The first-order chi connectivity index (χ1) is 11.2. The molecule has 2 nitrogen and oxygen atoms in total. The summed E-state index contributed by atoms with van der Waals surface area (Å²) in [6, 6.07) is 0. The van der Waals surface area contributed by atoms with E-state index in [1.165, 1.54) is 97.0 Å². The Kier molecular flexibility index (Phi) is 17.0. The van der Waals surface area contributed by atoms with Crippen LogP contribution >= 0.6 is 0 Å². The quantitative estimate of drug-likeness (QED) is 0.164. The molecule has 0 saturated heterocycles. The van der Waals surface area contributed by atoms with Gasteiger partial charge in [-0.15, -0.1) is 0 Å². The second-order valence-corrected chi connectivity index (χ2v) is 6.79. The first kappa shape index (κ1) is 22.2. The molecule has 0 heterocycles. The summed E-state index contributed by atoms with van der Waals surface area (Å²) in [5, 5.41) is 0. The van der Waals surface area contributed by atoms with Crippen molar-refractivity contribution in [3.05, 3.63) is 12.2 Å². The maximum Gasteiger partial charge on any atom is 0.333 e. The van der Waals surface area contributed by atoms with Crippen LogP contribution in [-0.4, -0.2) is 13.1 Å². The number of methoxy groups -OCH3 is 1. The molecule has 0 aromatic carbocycles. The number of carbonyl (C=O) groups excluding carboxylic acids is 1. The summed E-state index contributed by atoms with van der Waals surface area (Å²) in [6.45, 7) is 6.03. The molecular formula is C21H40O2. The number of hydrogen-bond acceptors (Lipinski definition) is 2. The van der Waals surface area contributed by atoms with Crippen molar-refractivity contribution in [1.82, 2.24) is 0 Å². The molecule has 136 valence electrons. The summed E-state index contributed by atoms with van der Waals surface area (Å²) in [6.07, 6.45) is 21.2. The van der Waals surface area contributed by atoms with Gasteiger partial charge in [-0.05, 0) is 12.8 Å². The van der Waals surface area contributed by atoms with Crippen molar-refractivity contribution in [1.29, 1.82) is 0 Å². The van der Waals surface area contributed by atoms with Gasteiger partial charge in [0, 0.05) is 5.57 Å². The van der Waals surface area contributed by atoms with Crippen molar-refractivity contribution in [2.45, 2.75) is 110 Å². The van der Waals surface area contributed by atoms with Gasteiger partial charge in [0.05, 0.1) is 7.11 Å². The Labute approximate surface area is 145 Å². The van der Waals surface area contributed by atoms with Crippen molar-refractivity contribution in [2.75, 3.05) is 7.11 Å². The minimum absolute atomic E-state index is 0.254. The van der Waals surface area contributed by atoms with E-state index in [0.717, 1.165) is 12.8 Å². The van der Waals surface area contributed by atoms with Crippen molar-refractivity contribution in [3.63, 3.8) is 0 Å². The molecule has 0 aliphatic carbocycles. The predicted octanol–water partition coefficient (Wildman–Crippen LogP) is 6.98. The van der Waals surface area contributed by atoms with Gasteiger partial charge < -0.3 is 4.74 Å². The molecule has 0 aromatic heterocycles. The zero-order valence-corrected chi connectivity index (χ0v) is 15.8. The number of unbranched alkanes of at least 4 members (excludes halogenated alkanes) is 14. The van der Waals surface area contributed by atoms with Crippen molar-refractivity contribution < 1.29 is 9.53 Å². The van der Waals surface area contributed by atoms with E-state index in [2.05, 4.69) is 18.2 Å². The molecule has 0 unspecified atom stereocenters. The summed E-state index contributed by atoms with van der Waals surface area (Å²) < 4.78 is 4.65. The van der Waals surface area contributed by atoms with Gasteiger partial charge in [0.15, 0.2) is 0 Å². The number of carbonyl (C=O) groups is 1. The van der Waals surface area contributed by atoms with Gasteiger partial charge in [0.2, 0.25) is 0 Å². The Hall–Kier alpha value is -0.790. The van der Waals surface area contributed by atoms with Gasteiger partial charge in [0.25, 0.3) is 0 Å². The van der Waals surface area contributed by atoms with Gasteiger partial charge in [-0.2, -0.15) is 0 Å². The largest absolute Gasteiger partial charge is 0.466 e. The lowest BCUT2D eigenvalue weighted by molar-refractivity contribution is -0.136. The maximum absolute atomic E-state index is 11.2. The Bertz CT molecular complexity index is 284. The molecular weight excluding hydrogens is 284 g/mol. The molecule has 0 bridgehead atoms. The zero-order valence-electron chi connectivity index (χ0n) is 15.8. The van der Waals surface area contributed by atoms with Crippen molar-refractivity contribution in [3.8, 4) is 0 Å². The van der Waals surface area contributed by atoms with Crippen LogP contribution in [0, 0.1) is 0 Å². The SMILES string of the molecule is C=C(CCCCCCCCCCCCCCCCC)C(=O)OC. The second kappa shape index (κ2) is 17.6. The van der Waals surface area contributed by atoms with Crippen LogP contribution in [0.3, 0.4) is 0 Å². The van der Waals surface area contributed by atoms with E-state index < -0.39 is 0 Å². The number of hydrogen-bond donors (Lipinski definition) is 0. The molecule has 0 rings (SSSR count). The van der Waals surface area contributed by atoms with Crippen LogP contribution in [0.5, 0.6) is 0 Å². The molecule has 2 heteroatoms. The van der Waals surface area contributed by atoms with Crippen LogP contribution < -0.4 is 0 Å². The number of ether oxygens (including phenoxy) is 1. The minimum atomic E-state index is -0.254. The van der Waals surface area contributed by atoms with E-state index >= 15 is 0 Å². The fourth-order valence-corrected chi connectivity index (χ4v) is 2.96. The van der Waals surface area contributed by atoms with Crippen LogP contribution in [0.1, 0.15) is 110 Å². The third kappa shape index (κ3) is 15.9. The summed E-state index contributed by atoms with van der Waals surface area (Å²) in [7, 11) is 1.42. The van der Waals surface area contributed by atoms with E-state index in [-0.39, 0.29) is 5.97 Å². The number of esters is 1. The van der Waals surface area contributed by atoms with Gasteiger partial charge in [0.1, 0.15) is 0 Å². The molecule has 23 heavy (non-hydrogen) atoms. The molecule has 0 aliphatic rings. The van der Waals surface area contributed by atoms with E-state index in [4.69, 9.17) is 0 Å². The smallest absolute Gasteiger partial charge is 0.333 e. The monoisotopic (exact) mass is 324 g/mol. The highest BCUT2D eigenvalue weighted by Crippen LogP contribution is 2.14. The summed E-state index contributed by atoms with van der Waals surface area (Å²) >= 11 is 0. The normalized spacial score (nSPS) is 10.7. The summed E-state index contributed by atoms with van der Waals surface area (Å²) in [5.74, 6) is -0.254. The van der Waals surface area contributed by atoms with Crippen LogP contribution in [0.15, 0.2) is 12.2 Å². The first-order valence-electron chi connectivity index (χ1n) is 9.98. The molecule has 0 radical (unpaired) electrons. The van der Waals surface area contributed by atoms with E-state index in [0.29, 0.717) is 5.57 Å². The molecule has 0 fully saturated rings. The maximum atomic E-state index is 11.2. The standard InChI is InChI=1S/C21H40O2/c1-4-5-6-7-8-9-10-11-12-13-14-15-16-17-18-19-20(2)21(22)23-3/h2,4-19H2,1,3H3. The third-order valence-electron chi connectivity index (χ3n) is 4.56. The van der Waals surface area contributed by atoms with Crippen molar-refractivity contribution in [2.24, 2.45) is 0 Å². The van der Waals surface area contributed by atoms with Gasteiger partial charge in [-0.3, -0.25) is 0 Å². The lowest BCUT2D eigenvalue weighted by Gasteiger charge is -2.04. The molecule has 0 saturated carbocycles. The second-order valence-electron chi connectivity index (χ2n) is 6.79. The fourth-order valence-electron chi connectivity index (χ4n) is 2.96. The Morgan fingerprint density at radius 1 is 0.696 bits per heavy atom. The summed E-state index contributed by atoms with van der Waals surface area (Å²) in [5.41, 5.74) is 0.613. The van der Waals surface area contributed by atoms with Crippen LogP contribution in [-0.2, 0) is 9.53 Å². The van der Waals surface area contributed by atoms with Gasteiger partial charge in [-0.1, -0.05) is 103 Å². The molecule has 0 atom stereocenters.